The van der Waals surface area contributed by atoms with Gasteiger partial charge in [0.25, 0.3) is 0 Å². The number of amides is 1. The molecule has 2 aliphatic heterocycles. The van der Waals surface area contributed by atoms with E-state index in [2.05, 4.69) is 9.62 Å². The van der Waals surface area contributed by atoms with Crippen molar-refractivity contribution < 1.29 is 22.7 Å². The molecule has 2 fully saturated rings. The fourth-order valence-electron chi connectivity index (χ4n) is 4.29. The Balaban J connectivity index is 1.62. The van der Waals surface area contributed by atoms with E-state index in [0.29, 0.717) is 29.4 Å². The lowest BCUT2D eigenvalue weighted by atomic mass is 9.97. The van der Waals surface area contributed by atoms with Crippen molar-refractivity contribution in [3.63, 3.8) is 0 Å². The van der Waals surface area contributed by atoms with Crippen LogP contribution in [0.15, 0.2) is 18.2 Å². The molecule has 11 heteroatoms. The van der Waals surface area contributed by atoms with E-state index >= 15 is 0 Å². The van der Waals surface area contributed by atoms with Gasteiger partial charge in [-0.25, -0.2) is 17.9 Å². The number of benzene rings is 1. The predicted octanol–water partition coefficient (Wildman–Crippen LogP) is 3.13. The summed E-state index contributed by atoms with van der Waals surface area (Å²) in [6, 6.07) is 4.63. The highest BCUT2D eigenvalue weighted by Gasteiger charge is 2.37. The summed E-state index contributed by atoms with van der Waals surface area (Å²) in [6.45, 7) is 2.22. The van der Waals surface area contributed by atoms with Crippen LogP contribution < -0.4 is 9.62 Å². The van der Waals surface area contributed by atoms with Crippen molar-refractivity contribution in [1.82, 2.24) is 9.62 Å². The van der Waals surface area contributed by atoms with Crippen LogP contribution >= 0.6 is 23.2 Å². The van der Waals surface area contributed by atoms with E-state index in [4.69, 9.17) is 32.7 Å². The number of nitrogens with zero attached hydrogens (tertiary/aromatic N) is 2. The minimum atomic E-state index is -3.42. The number of hydrogen-bond donors (Lipinski definition) is 1. The van der Waals surface area contributed by atoms with Crippen LogP contribution in [0.5, 0.6) is 0 Å². The number of ether oxygens (including phenoxy) is 2. The van der Waals surface area contributed by atoms with E-state index in [-0.39, 0.29) is 12.7 Å². The molecule has 0 radical (unpaired) electrons. The second kappa shape index (κ2) is 10.6. The molecule has 0 aliphatic carbocycles. The topological polar surface area (TPSA) is 88.2 Å². The number of halogens is 2. The minimum absolute atomic E-state index is 0.00202. The molecule has 8 nitrogen and oxygen atoms in total. The van der Waals surface area contributed by atoms with Crippen molar-refractivity contribution in [2.75, 3.05) is 44.5 Å². The number of methoxy groups -OCH3 is 1. The molecule has 0 spiro atoms. The first-order valence-corrected chi connectivity index (χ1v) is 13.0. The average molecular weight is 494 g/mol. The summed E-state index contributed by atoms with van der Waals surface area (Å²) in [5.41, 5.74) is 0.839. The van der Waals surface area contributed by atoms with Gasteiger partial charge in [0.05, 0.1) is 47.9 Å². The Labute approximate surface area is 193 Å². The molecule has 1 aromatic carbocycles. The number of rotatable bonds is 6. The van der Waals surface area contributed by atoms with Crippen LogP contribution in [-0.2, 0) is 19.5 Å². The third-order valence-electron chi connectivity index (χ3n) is 5.75. The number of carbonyl (C=O) groups excluding carboxylic acids is 1. The second-order valence-corrected chi connectivity index (χ2v) is 10.6. The first kappa shape index (κ1) is 24.4. The SMILES string of the molecule is COC(=O)N1CCC[C@H](NS(C)(=O)=O)[C@@H]1COC1CCN(c2c(Cl)cccc2Cl)CC1. The molecule has 3 rings (SSSR count). The van der Waals surface area contributed by atoms with Gasteiger partial charge in [0.1, 0.15) is 0 Å². The summed E-state index contributed by atoms with van der Waals surface area (Å²) < 4.78 is 37.3. The highest BCUT2D eigenvalue weighted by atomic mass is 35.5. The molecule has 1 aromatic rings. The predicted molar refractivity (Wildman–Crippen MR) is 122 cm³/mol. The number of anilines is 1. The van der Waals surface area contributed by atoms with Gasteiger partial charge < -0.3 is 19.3 Å². The number of likely N-dealkylation sites (tertiary alicyclic amines) is 1. The van der Waals surface area contributed by atoms with Crippen LogP contribution in [-0.4, -0.2) is 77.2 Å². The summed E-state index contributed by atoms with van der Waals surface area (Å²) in [6.07, 6.45) is 3.52. The van der Waals surface area contributed by atoms with Crippen molar-refractivity contribution in [1.29, 1.82) is 0 Å². The molecular weight excluding hydrogens is 465 g/mol. The normalized spacial score (nSPS) is 23.1. The standard InChI is InChI=1S/C20H29Cl2N3O5S/c1-29-20(26)25-10-4-7-17(23-31(2,27)28)18(25)13-30-14-8-11-24(12-9-14)19-15(21)5-3-6-16(19)22/h3,5-6,14,17-18,23H,4,7-13H2,1-2H3/t17-,18-/m0/s1. The smallest absolute Gasteiger partial charge is 0.409 e. The maximum Gasteiger partial charge on any atom is 0.409 e. The number of hydrogen-bond acceptors (Lipinski definition) is 6. The lowest BCUT2D eigenvalue weighted by Gasteiger charge is -2.41. The van der Waals surface area contributed by atoms with Crippen molar-refractivity contribution in [2.45, 2.75) is 43.9 Å². The van der Waals surface area contributed by atoms with Gasteiger partial charge in [-0.05, 0) is 37.8 Å². The maximum atomic E-state index is 12.2. The molecule has 0 unspecified atom stereocenters. The third-order valence-corrected chi connectivity index (χ3v) is 7.09. The summed E-state index contributed by atoms with van der Waals surface area (Å²) in [7, 11) is -2.09. The number of nitrogens with one attached hydrogen (secondary N) is 1. The number of piperidine rings is 2. The Bertz CT molecular complexity index is 857. The minimum Gasteiger partial charge on any atom is -0.453 e. The van der Waals surface area contributed by atoms with Crippen LogP contribution in [0.2, 0.25) is 10.0 Å². The van der Waals surface area contributed by atoms with E-state index in [1.54, 1.807) is 4.90 Å². The monoisotopic (exact) mass is 493 g/mol. The van der Waals surface area contributed by atoms with Crippen LogP contribution in [0.1, 0.15) is 25.7 Å². The molecule has 2 atom stereocenters. The summed E-state index contributed by atoms with van der Waals surface area (Å²) in [5, 5.41) is 1.25. The lowest BCUT2D eigenvalue weighted by molar-refractivity contribution is -0.0180. The van der Waals surface area contributed by atoms with E-state index in [1.807, 2.05) is 18.2 Å². The Morgan fingerprint density at radius 2 is 1.81 bits per heavy atom. The van der Waals surface area contributed by atoms with Crippen LogP contribution in [0.25, 0.3) is 0 Å². The van der Waals surface area contributed by atoms with E-state index in [9.17, 15) is 13.2 Å². The fourth-order valence-corrected chi connectivity index (χ4v) is 5.75. The first-order valence-electron chi connectivity index (χ1n) is 10.3. The van der Waals surface area contributed by atoms with Crippen LogP contribution in [0.3, 0.4) is 0 Å². The highest BCUT2D eigenvalue weighted by Crippen LogP contribution is 2.35. The highest BCUT2D eigenvalue weighted by molar-refractivity contribution is 7.88. The third kappa shape index (κ3) is 6.38. The lowest BCUT2D eigenvalue weighted by Crippen LogP contribution is -2.59. The molecule has 2 aliphatic rings. The zero-order valence-electron chi connectivity index (χ0n) is 17.7. The largest absolute Gasteiger partial charge is 0.453 e. The van der Waals surface area contributed by atoms with E-state index in [1.165, 1.54) is 7.11 Å². The Morgan fingerprint density at radius 3 is 2.39 bits per heavy atom. The van der Waals surface area contributed by atoms with Crippen LogP contribution in [0, 0.1) is 0 Å². The molecule has 0 aromatic heterocycles. The van der Waals surface area contributed by atoms with Gasteiger partial charge in [-0.2, -0.15) is 0 Å². The van der Waals surface area contributed by atoms with Gasteiger partial charge in [-0.1, -0.05) is 29.3 Å². The number of para-hydroxylation sites is 1. The van der Waals surface area contributed by atoms with Crippen molar-refractivity contribution in [2.24, 2.45) is 0 Å². The zero-order chi connectivity index (χ0) is 22.6. The number of sulfonamides is 1. The second-order valence-electron chi connectivity index (χ2n) is 7.96. The maximum absolute atomic E-state index is 12.2. The van der Waals surface area contributed by atoms with Gasteiger partial charge in [-0.15, -0.1) is 0 Å². The Kier molecular flexibility index (Phi) is 8.31. The average Bonchev–Trinajstić information content (AvgIpc) is 2.72. The van der Waals surface area contributed by atoms with Gasteiger partial charge in [0.15, 0.2) is 0 Å². The van der Waals surface area contributed by atoms with Crippen molar-refractivity contribution in [3.8, 4) is 0 Å². The Morgan fingerprint density at radius 1 is 1.16 bits per heavy atom. The van der Waals surface area contributed by atoms with Gasteiger partial charge in [-0.3, -0.25) is 0 Å². The summed E-state index contributed by atoms with van der Waals surface area (Å²) >= 11 is 12.7. The molecule has 31 heavy (non-hydrogen) atoms. The molecule has 1 amide bonds. The van der Waals surface area contributed by atoms with Crippen molar-refractivity contribution in [3.05, 3.63) is 28.2 Å². The zero-order valence-corrected chi connectivity index (χ0v) is 20.0. The molecule has 1 N–H and O–H groups in total. The van der Waals surface area contributed by atoms with Crippen molar-refractivity contribution >= 4 is 45.0 Å². The van der Waals surface area contributed by atoms with Gasteiger partial charge in [0, 0.05) is 25.7 Å². The first-order chi connectivity index (χ1) is 14.7. The fraction of sp³-hybridized carbons (Fsp3) is 0.650. The summed E-state index contributed by atoms with van der Waals surface area (Å²) in [5.74, 6) is 0. The molecule has 2 saturated heterocycles. The van der Waals surface area contributed by atoms with Gasteiger partial charge >= 0.3 is 6.09 Å². The van der Waals surface area contributed by atoms with E-state index < -0.39 is 28.2 Å². The molecule has 0 saturated carbocycles. The van der Waals surface area contributed by atoms with Crippen LogP contribution in [0.4, 0.5) is 10.5 Å². The number of carbonyl (C=O) groups is 1. The molecule has 2 heterocycles. The van der Waals surface area contributed by atoms with Gasteiger partial charge in [0.2, 0.25) is 10.0 Å². The Hall–Kier alpha value is -1.26. The molecule has 174 valence electrons. The summed E-state index contributed by atoms with van der Waals surface area (Å²) in [4.78, 5) is 16.0. The quantitative estimate of drug-likeness (QED) is 0.654. The molecule has 0 bridgehead atoms. The van der Waals surface area contributed by atoms with E-state index in [0.717, 1.165) is 37.9 Å². The molecular formula is C20H29Cl2N3O5S.